The molecule has 17 heavy (non-hydrogen) atoms. The van der Waals surface area contributed by atoms with Crippen LogP contribution in [0.4, 0.5) is 17.6 Å². The molecule has 7 heteroatoms. The summed E-state index contributed by atoms with van der Waals surface area (Å²) in [5.41, 5.74) is -0.306. The van der Waals surface area contributed by atoms with Crippen LogP contribution in [0.3, 0.4) is 0 Å². The van der Waals surface area contributed by atoms with Crippen LogP contribution < -0.4 is 5.46 Å². The van der Waals surface area contributed by atoms with Gasteiger partial charge in [0.05, 0.1) is 5.39 Å². The molecule has 0 fully saturated rings. The van der Waals surface area contributed by atoms with E-state index in [-0.39, 0.29) is 5.46 Å². The van der Waals surface area contributed by atoms with Crippen molar-refractivity contribution < 1.29 is 27.6 Å². The van der Waals surface area contributed by atoms with Crippen LogP contribution >= 0.6 is 0 Å². The van der Waals surface area contributed by atoms with Crippen LogP contribution in [-0.2, 0) is 0 Å². The molecular weight excluding hydrogens is 239 g/mol. The Morgan fingerprint density at radius 1 is 0.882 bits per heavy atom. The summed E-state index contributed by atoms with van der Waals surface area (Å²) in [5.74, 6) is -6.13. The van der Waals surface area contributed by atoms with Crippen molar-refractivity contribution in [2.24, 2.45) is 0 Å². The Hall–Kier alpha value is -1.60. The minimum Gasteiger partial charge on any atom is -0.423 e. The van der Waals surface area contributed by atoms with Crippen molar-refractivity contribution in [1.29, 1.82) is 0 Å². The van der Waals surface area contributed by atoms with Gasteiger partial charge in [-0.25, -0.2) is 17.6 Å². The van der Waals surface area contributed by atoms with Gasteiger partial charge in [0.2, 0.25) is 0 Å². The van der Waals surface area contributed by atoms with Gasteiger partial charge in [0.1, 0.15) is 5.82 Å². The standard InChI is InChI=1S/C10H5BF4O2/c12-6-2-1-5(11(16)17)4-3-7(13)9(14)10(15)8(4)6/h1-3,16-17H. The summed E-state index contributed by atoms with van der Waals surface area (Å²) in [6.07, 6.45) is 0. The van der Waals surface area contributed by atoms with Crippen LogP contribution in [0.1, 0.15) is 0 Å². The smallest absolute Gasteiger partial charge is 0.423 e. The largest absolute Gasteiger partial charge is 0.489 e. The molecule has 2 aromatic rings. The molecule has 0 atom stereocenters. The molecule has 0 aliphatic carbocycles. The molecule has 0 aromatic heterocycles. The molecule has 2 rings (SSSR count). The van der Waals surface area contributed by atoms with Gasteiger partial charge in [-0.05, 0) is 23.0 Å². The van der Waals surface area contributed by atoms with E-state index in [9.17, 15) is 17.6 Å². The number of hydrogen-bond donors (Lipinski definition) is 2. The van der Waals surface area contributed by atoms with Crippen LogP contribution in [0.2, 0.25) is 0 Å². The molecule has 2 aromatic carbocycles. The molecule has 0 saturated carbocycles. The predicted molar refractivity (Wildman–Crippen MR) is 53.6 cm³/mol. The Morgan fingerprint density at radius 3 is 2.12 bits per heavy atom. The van der Waals surface area contributed by atoms with Crippen LogP contribution in [0.25, 0.3) is 10.8 Å². The Balaban J connectivity index is 2.97. The number of halogens is 4. The van der Waals surface area contributed by atoms with Crippen LogP contribution in [0.15, 0.2) is 18.2 Å². The fourth-order valence-electron chi connectivity index (χ4n) is 1.62. The number of hydrogen-bond acceptors (Lipinski definition) is 2. The first kappa shape index (κ1) is 11.9. The van der Waals surface area contributed by atoms with E-state index in [2.05, 4.69) is 0 Å². The predicted octanol–water partition coefficient (Wildman–Crippen LogP) is 1.08. The first-order valence-electron chi connectivity index (χ1n) is 4.55. The minimum absolute atomic E-state index is 0.306. The molecule has 0 radical (unpaired) electrons. The summed E-state index contributed by atoms with van der Waals surface area (Å²) in [4.78, 5) is 0. The van der Waals surface area contributed by atoms with E-state index in [1.54, 1.807) is 0 Å². The topological polar surface area (TPSA) is 40.5 Å². The molecule has 0 saturated heterocycles. The van der Waals surface area contributed by atoms with Crippen LogP contribution in [-0.4, -0.2) is 17.2 Å². The maximum atomic E-state index is 13.3. The van der Waals surface area contributed by atoms with Crippen molar-refractivity contribution >= 4 is 23.4 Å². The molecule has 0 aliphatic heterocycles. The summed E-state index contributed by atoms with van der Waals surface area (Å²) in [5, 5.41) is 16.7. The highest BCUT2D eigenvalue weighted by Gasteiger charge is 2.22. The third kappa shape index (κ3) is 1.77. The van der Waals surface area contributed by atoms with Crippen LogP contribution in [0, 0.1) is 23.3 Å². The van der Waals surface area contributed by atoms with Crippen LogP contribution in [0.5, 0.6) is 0 Å². The second kappa shape index (κ2) is 4.01. The Bertz CT molecular complexity index is 601. The molecule has 0 spiro atoms. The normalized spacial score (nSPS) is 10.9. The van der Waals surface area contributed by atoms with Gasteiger partial charge < -0.3 is 10.0 Å². The van der Waals surface area contributed by atoms with E-state index < -0.39 is 41.2 Å². The monoisotopic (exact) mass is 244 g/mol. The number of benzene rings is 2. The van der Waals surface area contributed by atoms with Crippen molar-refractivity contribution in [2.75, 3.05) is 0 Å². The lowest BCUT2D eigenvalue weighted by molar-refractivity contribution is 0.426. The maximum absolute atomic E-state index is 13.3. The second-order valence-electron chi connectivity index (χ2n) is 3.42. The molecule has 2 N–H and O–H groups in total. The average Bonchev–Trinajstić information content (AvgIpc) is 2.25. The molecule has 0 bridgehead atoms. The van der Waals surface area contributed by atoms with Gasteiger partial charge in [-0.2, -0.15) is 0 Å². The van der Waals surface area contributed by atoms with Gasteiger partial charge in [0, 0.05) is 0 Å². The van der Waals surface area contributed by atoms with Gasteiger partial charge in [-0.3, -0.25) is 0 Å². The first-order valence-corrected chi connectivity index (χ1v) is 4.55. The minimum atomic E-state index is -2.04. The Morgan fingerprint density at radius 2 is 1.53 bits per heavy atom. The molecular formula is C10H5BF4O2. The summed E-state index contributed by atoms with van der Waals surface area (Å²) in [7, 11) is -2.04. The fraction of sp³-hybridized carbons (Fsp3) is 0. The highest BCUT2D eigenvalue weighted by atomic mass is 19.2. The fourth-order valence-corrected chi connectivity index (χ4v) is 1.62. The molecule has 2 nitrogen and oxygen atoms in total. The lowest BCUT2D eigenvalue weighted by atomic mass is 9.77. The summed E-state index contributed by atoms with van der Waals surface area (Å²) in [6, 6.07) is 2.22. The van der Waals surface area contributed by atoms with Crippen molar-refractivity contribution in [3.63, 3.8) is 0 Å². The molecule has 0 heterocycles. The third-order valence-electron chi connectivity index (χ3n) is 2.40. The summed E-state index contributed by atoms with van der Waals surface area (Å²) >= 11 is 0. The van der Waals surface area contributed by atoms with Gasteiger partial charge in [0.25, 0.3) is 0 Å². The SMILES string of the molecule is OB(O)c1ccc(F)c2c(F)c(F)c(F)cc12. The quantitative estimate of drug-likeness (QED) is 0.447. The van der Waals surface area contributed by atoms with Crippen molar-refractivity contribution in [3.8, 4) is 0 Å². The van der Waals surface area contributed by atoms with Gasteiger partial charge in [0.15, 0.2) is 17.5 Å². The number of fused-ring (bicyclic) bond motifs is 1. The second-order valence-corrected chi connectivity index (χ2v) is 3.42. The molecule has 88 valence electrons. The number of rotatable bonds is 1. The molecule has 0 amide bonds. The Labute approximate surface area is 93.3 Å². The highest BCUT2D eigenvalue weighted by Crippen LogP contribution is 2.24. The van der Waals surface area contributed by atoms with E-state index in [0.29, 0.717) is 6.07 Å². The zero-order chi connectivity index (χ0) is 12.7. The first-order chi connectivity index (χ1) is 7.93. The van der Waals surface area contributed by atoms with Gasteiger partial charge >= 0.3 is 7.12 Å². The van der Waals surface area contributed by atoms with E-state index in [1.165, 1.54) is 0 Å². The summed E-state index contributed by atoms with van der Waals surface area (Å²) < 4.78 is 52.6. The van der Waals surface area contributed by atoms with Gasteiger partial charge in [-0.1, -0.05) is 6.07 Å². The maximum Gasteiger partial charge on any atom is 0.489 e. The van der Waals surface area contributed by atoms with Crippen molar-refractivity contribution in [3.05, 3.63) is 41.5 Å². The third-order valence-corrected chi connectivity index (χ3v) is 2.40. The highest BCUT2D eigenvalue weighted by molar-refractivity contribution is 6.62. The van der Waals surface area contributed by atoms with Crippen molar-refractivity contribution in [2.45, 2.75) is 0 Å². The average molecular weight is 244 g/mol. The lowest BCUT2D eigenvalue weighted by Gasteiger charge is -2.08. The van der Waals surface area contributed by atoms with E-state index >= 15 is 0 Å². The lowest BCUT2D eigenvalue weighted by Crippen LogP contribution is -2.31. The van der Waals surface area contributed by atoms with E-state index in [0.717, 1.165) is 12.1 Å². The molecule has 0 aliphatic rings. The van der Waals surface area contributed by atoms with Crippen molar-refractivity contribution in [1.82, 2.24) is 0 Å². The summed E-state index contributed by atoms with van der Waals surface area (Å²) in [6.45, 7) is 0. The zero-order valence-corrected chi connectivity index (χ0v) is 8.22. The van der Waals surface area contributed by atoms with E-state index in [1.807, 2.05) is 0 Å². The zero-order valence-electron chi connectivity index (χ0n) is 8.22. The molecule has 0 unspecified atom stereocenters. The van der Waals surface area contributed by atoms with E-state index in [4.69, 9.17) is 10.0 Å². The Kier molecular flexibility index (Phi) is 2.80. The van der Waals surface area contributed by atoms with Gasteiger partial charge in [-0.15, -0.1) is 0 Å².